The SMILES string of the molecule is CS(=O)(=O)N(CC(=O)Nc1ccccc1C(=O)NCc1cccnc1)c1ccc2c(c1)OCO2. The average Bonchev–Trinajstić information content (AvgIpc) is 3.29. The summed E-state index contributed by atoms with van der Waals surface area (Å²) in [7, 11) is -3.80. The molecule has 1 aliphatic rings. The second-order valence-corrected chi connectivity index (χ2v) is 9.35. The normalized spacial score (nSPS) is 12.1. The number of carbonyl (C=O) groups is 2. The predicted molar refractivity (Wildman–Crippen MR) is 125 cm³/mol. The van der Waals surface area contributed by atoms with E-state index in [0.29, 0.717) is 11.5 Å². The third-order valence-electron chi connectivity index (χ3n) is 4.95. The van der Waals surface area contributed by atoms with Crippen molar-refractivity contribution in [1.29, 1.82) is 0 Å². The molecule has 0 saturated heterocycles. The smallest absolute Gasteiger partial charge is 0.253 e. The number of anilines is 2. The van der Waals surface area contributed by atoms with E-state index in [1.54, 1.807) is 48.8 Å². The highest BCUT2D eigenvalue weighted by molar-refractivity contribution is 7.92. The minimum absolute atomic E-state index is 0.0395. The molecule has 0 bridgehead atoms. The number of nitrogens with one attached hydrogen (secondary N) is 2. The molecular formula is C23H22N4O6S. The predicted octanol–water partition coefficient (Wildman–Crippen LogP) is 2.14. The van der Waals surface area contributed by atoms with Crippen molar-refractivity contribution in [2.75, 3.05) is 29.2 Å². The maximum Gasteiger partial charge on any atom is 0.253 e. The molecule has 1 aliphatic heterocycles. The first kappa shape index (κ1) is 23.1. The highest BCUT2D eigenvalue weighted by atomic mass is 32.2. The van der Waals surface area contributed by atoms with Gasteiger partial charge in [0.05, 0.1) is 23.2 Å². The van der Waals surface area contributed by atoms with Crippen molar-refractivity contribution < 1.29 is 27.5 Å². The van der Waals surface area contributed by atoms with Gasteiger partial charge in [0.1, 0.15) is 6.54 Å². The molecule has 0 radical (unpaired) electrons. The van der Waals surface area contributed by atoms with Gasteiger partial charge in [0, 0.05) is 25.0 Å². The van der Waals surface area contributed by atoms with Gasteiger partial charge in [-0.2, -0.15) is 0 Å². The quantitative estimate of drug-likeness (QED) is 0.504. The van der Waals surface area contributed by atoms with E-state index in [0.717, 1.165) is 16.1 Å². The molecule has 0 atom stereocenters. The van der Waals surface area contributed by atoms with Crippen molar-refractivity contribution in [1.82, 2.24) is 10.3 Å². The number of rotatable bonds is 8. The molecule has 34 heavy (non-hydrogen) atoms. The Hall–Kier alpha value is -4.12. The molecule has 0 spiro atoms. The standard InChI is InChI=1S/C23H22N4O6S/c1-34(30,31)27(17-8-9-20-21(11-17)33-15-32-20)14-22(28)26-19-7-3-2-6-18(19)23(29)25-13-16-5-4-10-24-12-16/h2-12H,13-15H2,1H3,(H,25,29)(H,26,28). The van der Waals surface area contributed by atoms with Crippen LogP contribution in [0.4, 0.5) is 11.4 Å². The van der Waals surface area contributed by atoms with Gasteiger partial charge >= 0.3 is 0 Å². The lowest BCUT2D eigenvalue weighted by Gasteiger charge is -2.22. The van der Waals surface area contributed by atoms with Crippen LogP contribution in [-0.4, -0.2) is 44.8 Å². The fourth-order valence-corrected chi connectivity index (χ4v) is 4.18. The largest absolute Gasteiger partial charge is 0.454 e. The maximum atomic E-state index is 12.8. The number of para-hydroxylation sites is 1. The Morgan fingerprint density at radius 1 is 1.06 bits per heavy atom. The van der Waals surface area contributed by atoms with Crippen molar-refractivity contribution in [2.45, 2.75) is 6.54 Å². The number of benzene rings is 2. The molecule has 0 unspecified atom stereocenters. The van der Waals surface area contributed by atoms with Crippen molar-refractivity contribution in [3.63, 3.8) is 0 Å². The zero-order valence-electron chi connectivity index (χ0n) is 18.2. The maximum absolute atomic E-state index is 12.8. The summed E-state index contributed by atoms with van der Waals surface area (Å²) in [5, 5.41) is 5.42. The van der Waals surface area contributed by atoms with Gasteiger partial charge in [-0.25, -0.2) is 8.42 Å². The average molecular weight is 483 g/mol. The molecule has 10 nitrogen and oxygen atoms in total. The third kappa shape index (κ3) is 5.44. The molecule has 11 heteroatoms. The van der Waals surface area contributed by atoms with Crippen LogP contribution < -0.4 is 24.4 Å². The number of carbonyl (C=O) groups excluding carboxylic acids is 2. The number of hydrogen-bond acceptors (Lipinski definition) is 7. The van der Waals surface area contributed by atoms with Gasteiger partial charge in [0.15, 0.2) is 11.5 Å². The lowest BCUT2D eigenvalue weighted by molar-refractivity contribution is -0.114. The van der Waals surface area contributed by atoms with Gasteiger partial charge in [-0.3, -0.25) is 18.9 Å². The summed E-state index contributed by atoms with van der Waals surface area (Å²) in [4.78, 5) is 29.5. The molecule has 2 N–H and O–H groups in total. The van der Waals surface area contributed by atoms with Crippen molar-refractivity contribution in [2.24, 2.45) is 0 Å². The molecular weight excluding hydrogens is 460 g/mol. The number of nitrogens with zero attached hydrogens (tertiary/aromatic N) is 2. The van der Waals surface area contributed by atoms with Crippen LogP contribution in [0.25, 0.3) is 0 Å². The van der Waals surface area contributed by atoms with E-state index >= 15 is 0 Å². The lowest BCUT2D eigenvalue weighted by Crippen LogP contribution is -2.37. The fourth-order valence-electron chi connectivity index (χ4n) is 3.33. The van der Waals surface area contributed by atoms with E-state index in [-0.39, 0.29) is 30.3 Å². The summed E-state index contributed by atoms with van der Waals surface area (Å²) in [6.45, 7) is -0.192. The fraction of sp³-hybridized carbons (Fsp3) is 0.174. The van der Waals surface area contributed by atoms with Gasteiger partial charge in [-0.15, -0.1) is 0 Å². The molecule has 2 heterocycles. The van der Waals surface area contributed by atoms with Gasteiger partial charge in [-0.1, -0.05) is 18.2 Å². The number of fused-ring (bicyclic) bond motifs is 1. The number of aromatic nitrogens is 1. The van der Waals surface area contributed by atoms with E-state index in [4.69, 9.17) is 9.47 Å². The van der Waals surface area contributed by atoms with Crippen LogP contribution >= 0.6 is 0 Å². The Balaban J connectivity index is 1.48. The van der Waals surface area contributed by atoms with Gasteiger partial charge in [0.25, 0.3) is 5.91 Å². The summed E-state index contributed by atoms with van der Waals surface area (Å²) >= 11 is 0. The van der Waals surface area contributed by atoms with E-state index < -0.39 is 28.4 Å². The van der Waals surface area contributed by atoms with E-state index in [1.165, 1.54) is 12.1 Å². The van der Waals surface area contributed by atoms with E-state index in [9.17, 15) is 18.0 Å². The Kier molecular flexibility index (Phi) is 6.64. The van der Waals surface area contributed by atoms with Crippen LogP contribution in [-0.2, 0) is 21.4 Å². The molecule has 4 rings (SSSR count). The first-order chi connectivity index (χ1) is 16.3. The summed E-state index contributed by atoms with van der Waals surface area (Å²) in [5.41, 5.74) is 1.58. The lowest BCUT2D eigenvalue weighted by atomic mass is 10.1. The molecule has 1 aromatic heterocycles. The van der Waals surface area contributed by atoms with Gasteiger partial charge < -0.3 is 20.1 Å². The van der Waals surface area contributed by atoms with E-state index in [1.807, 2.05) is 6.07 Å². The molecule has 0 saturated carbocycles. The third-order valence-corrected chi connectivity index (χ3v) is 6.09. The number of ether oxygens (including phenoxy) is 2. The minimum atomic E-state index is -3.80. The van der Waals surface area contributed by atoms with Crippen LogP contribution in [0.3, 0.4) is 0 Å². The monoisotopic (exact) mass is 482 g/mol. The summed E-state index contributed by atoms with van der Waals surface area (Å²) in [6, 6.07) is 14.7. The molecule has 2 aromatic carbocycles. The topological polar surface area (TPSA) is 127 Å². The van der Waals surface area contributed by atoms with Crippen LogP contribution in [0.15, 0.2) is 67.0 Å². The molecule has 3 aromatic rings. The molecule has 0 fully saturated rings. The Bertz CT molecular complexity index is 1310. The van der Waals surface area contributed by atoms with Crippen LogP contribution in [0.2, 0.25) is 0 Å². The highest BCUT2D eigenvalue weighted by Gasteiger charge is 2.24. The van der Waals surface area contributed by atoms with Gasteiger partial charge in [0.2, 0.25) is 22.7 Å². The zero-order chi connectivity index (χ0) is 24.1. The first-order valence-electron chi connectivity index (χ1n) is 10.2. The van der Waals surface area contributed by atoms with Crippen LogP contribution in [0.5, 0.6) is 11.5 Å². The van der Waals surface area contributed by atoms with Gasteiger partial charge in [-0.05, 0) is 35.9 Å². The Morgan fingerprint density at radius 2 is 1.85 bits per heavy atom. The van der Waals surface area contributed by atoms with Crippen LogP contribution in [0.1, 0.15) is 15.9 Å². The number of amides is 2. The number of hydrogen-bond donors (Lipinski definition) is 2. The second kappa shape index (κ2) is 9.79. The van der Waals surface area contributed by atoms with Crippen molar-refractivity contribution >= 4 is 33.2 Å². The second-order valence-electron chi connectivity index (χ2n) is 7.44. The number of pyridine rings is 1. The molecule has 0 aliphatic carbocycles. The summed E-state index contributed by atoms with van der Waals surface area (Å²) in [5.74, 6) is -0.124. The molecule has 176 valence electrons. The highest BCUT2D eigenvalue weighted by Crippen LogP contribution is 2.36. The minimum Gasteiger partial charge on any atom is -0.454 e. The molecule has 2 amide bonds. The van der Waals surface area contributed by atoms with Crippen LogP contribution in [0, 0.1) is 0 Å². The zero-order valence-corrected chi connectivity index (χ0v) is 19.0. The van der Waals surface area contributed by atoms with Crippen molar-refractivity contribution in [3.8, 4) is 11.5 Å². The van der Waals surface area contributed by atoms with Crippen molar-refractivity contribution in [3.05, 3.63) is 78.1 Å². The summed E-state index contributed by atoms with van der Waals surface area (Å²) < 4.78 is 36.4. The first-order valence-corrected chi connectivity index (χ1v) is 12.1. The number of sulfonamides is 1. The Morgan fingerprint density at radius 3 is 2.62 bits per heavy atom. The Labute approximate surface area is 196 Å². The summed E-state index contributed by atoms with van der Waals surface area (Å²) in [6.07, 6.45) is 4.29. The van der Waals surface area contributed by atoms with E-state index in [2.05, 4.69) is 15.6 Å².